The molecule has 7 nitrogen and oxygen atoms in total. The molecule has 35 heavy (non-hydrogen) atoms. The second kappa shape index (κ2) is 12.2. The average molecular weight is 502 g/mol. The lowest BCUT2D eigenvalue weighted by atomic mass is 10.1. The number of para-hydroxylation sites is 1. The first-order valence-electron chi connectivity index (χ1n) is 12.1. The lowest BCUT2D eigenvalue weighted by Gasteiger charge is -2.34. The Morgan fingerprint density at radius 1 is 0.971 bits per heavy atom. The van der Waals surface area contributed by atoms with Crippen LogP contribution in [0.4, 0.5) is 5.69 Å². The molecule has 0 aliphatic carbocycles. The molecule has 0 saturated heterocycles. The van der Waals surface area contributed by atoms with Gasteiger partial charge in [-0.3, -0.25) is 13.9 Å². The van der Waals surface area contributed by atoms with Crippen LogP contribution in [0.15, 0.2) is 42.5 Å². The first-order valence-corrected chi connectivity index (χ1v) is 13.9. The third-order valence-electron chi connectivity index (χ3n) is 6.19. The molecule has 0 saturated carbocycles. The number of carbonyl (C=O) groups is 2. The molecule has 0 bridgehead atoms. The molecule has 0 radical (unpaired) electrons. The number of aryl methyl sites for hydroxylation is 3. The monoisotopic (exact) mass is 501 g/mol. The molecule has 0 fully saturated rings. The highest BCUT2D eigenvalue weighted by atomic mass is 32.2. The van der Waals surface area contributed by atoms with Crippen molar-refractivity contribution in [2.24, 2.45) is 0 Å². The smallest absolute Gasteiger partial charge is 0.244 e. The van der Waals surface area contributed by atoms with E-state index in [1.54, 1.807) is 0 Å². The third kappa shape index (κ3) is 7.56. The third-order valence-corrected chi connectivity index (χ3v) is 7.30. The van der Waals surface area contributed by atoms with Crippen molar-refractivity contribution in [3.05, 3.63) is 64.7 Å². The molecule has 0 heterocycles. The maximum Gasteiger partial charge on any atom is 0.244 e. The van der Waals surface area contributed by atoms with Gasteiger partial charge in [-0.15, -0.1) is 0 Å². The van der Waals surface area contributed by atoms with Gasteiger partial charge >= 0.3 is 0 Å². The molecule has 2 rings (SSSR count). The molecule has 0 aliphatic heterocycles. The van der Waals surface area contributed by atoms with Gasteiger partial charge in [0.2, 0.25) is 21.8 Å². The van der Waals surface area contributed by atoms with Crippen LogP contribution in [0.3, 0.4) is 0 Å². The number of nitrogens with one attached hydrogen (secondary N) is 1. The summed E-state index contributed by atoms with van der Waals surface area (Å²) in [5.74, 6) is -0.661. The molecule has 2 amide bonds. The van der Waals surface area contributed by atoms with Crippen molar-refractivity contribution in [2.45, 2.75) is 73.0 Å². The summed E-state index contributed by atoms with van der Waals surface area (Å²) in [6, 6.07) is 12.5. The van der Waals surface area contributed by atoms with E-state index in [1.807, 2.05) is 84.0 Å². The Morgan fingerprint density at radius 2 is 1.57 bits per heavy atom. The summed E-state index contributed by atoms with van der Waals surface area (Å²) in [4.78, 5) is 28.5. The van der Waals surface area contributed by atoms with Crippen molar-refractivity contribution in [3.8, 4) is 0 Å². The highest BCUT2D eigenvalue weighted by Gasteiger charge is 2.32. The predicted molar refractivity (Wildman–Crippen MR) is 142 cm³/mol. The molecule has 0 aromatic heterocycles. The van der Waals surface area contributed by atoms with Gasteiger partial charge < -0.3 is 10.2 Å². The maximum absolute atomic E-state index is 13.8. The minimum absolute atomic E-state index is 0.0328. The highest BCUT2D eigenvalue weighted by molar-refractivity contribution is 7.92. The number of anilines is 1. The van der Waals surface area contributed by atoms with Crippen LogP contribution < -0.4 is 9.62 Å². The first-order chi connectivity index (χ1) is 16.4. The van der Waals surface area contributed by atoms with E-state index in [0.29, 0.717) is 12.1 Å². The van der Waals surface area contributed by atoms with E-state index >= 15 is 0 Å². The van der Waals surface area contributed by atoms with Crippen LogP contribution in [0.2, 0.25) is 0 Å². The maximum atomic E-state index is 13.8. The van der Waals surface area contributed by atoms with E-state index in [1.165, 1.54) is 4.90 Å². The minimum Gasteiger partial charge on any atom is -0.352 e. The second-order valence-electron chi connectivity index (χ2n) is 9.26. The van der Waals surface area contributed by atoms with Crippen LogP contribution in [0, 0.1) is 20.8 Å². The average Bonchev–Trinajstić information content (AvgIpc) is 2.77. The van der Waals surface area contributed by atoms with Gasteiger partial charge in [0.25, 0.3) is 0 Å². The summed E-state index contributed by atoms with van der Waals surface area (Å²) in [5, 5.41) is 2.98. The highest BCUT2D eigenvalue weighted by Crippen LogP contribution is 2.27. The fourth-order valence-electron chi connectivity index (χ4n) is 4.14. The number of hydrogen-bond acceptors (Lipinski definition) is 4. The Morgan fingerprint density at radius 3 is 2.09 bits per heavy atom. The number of sulfonamides is 1. The van der Waals surface area contributed by atoms with Crippen molar-refractivity contribution in [3.63, 3.8) is 0 Å². The fourth-order valence-corrected chi connectivity index (χ4v) is 5.11. The van der Waals surface area contributed by atoms with Crippen molar-refractivity contribution < 1.29 is 18.0 Å². The molecular formula is C27H39N3O4S. The number of rotatable bonds is 11. The molecule has 0 unspecified atom stereocenters. The molecule has 0 spiro atoms. The Bertz CT molecular complexity index is 1130. The summed E-state index contributed by atoms with van der Waals surface area (Å²) < 4.78 is 26.8. The summed E-state index contributed by atoms with van der Waals surface area (Å²) in [7, 11) is -3.76. The second-order valence-corrected chi connectivity index (χ2v) is 11.2. The van der Waals surface area contributed by atoms with E-state index in [4.69, 9.17) is 0 Å². The van der Waals surface area contributed by atoms with Crippen LogP contribution >= 0.6 is 0 Å². The van der Waals surface area contributed by atoms with Crippen molar-refractivity contribution in [1.82, 2.24) is 10.2 Å². The number of amides is 2. The van der Waals surface area contributed by atoms with Gasteiger partial charge in [-0.2, -0.15) is 0 Å². The Hall–Kier alpha value is -2.87. The topological polar surface area (TPSA) is 86.8 Å². The fraction of sp³-hybridized carbons (Fsp3) is 0.481. The summed E-state index contributed by atoms with van der Waals surface area (Å²) in [6.07, 6.45) is 2.27. The van der Waals surface area contributed by atoms with Gasteiger partial charge in [0.1, 0.15) is 12.6 Å². The number of carbonyl (C=O) groups excluding carboxylic acids is 2. The lowest BCUT2D eigenvalue weighted by molar-refractivity contribution is -0.140. The van der Waals surface area contributed by atoms with Crippen LogP contribution in [-0.2, 0) is 26.2 Å². The lowest BCUT2D eigenvalue weighted by Crippen LogP contribution is -2.53. The van der Waals surface area contributed by atoms with Gasteiger partial charge in [-0.25, -0.2) is 8.42 Å². The zero-order valence-electron chi connectivity index (χ0n) is 22.0. The molecule has 2 atom stereocenters. The summed E-state index contributed by atoms with van der Waals surface area (Å²) >= 11 is 0. The quantitative estimate of drug-likeness (QED) is 0.502. The largest absolute Gasteiger partial charge is 0.352 e. The molecule has 8 heteroatoms. The van der Waals surface area contributed by atoms with E-state index in [-0.39, 0.29) is 25.0 Å². The molecule has 2 aromatic carbocycles. The van der Waals surface area contributed by atoms with E-state index in [2.05, 4.69) is 5.32 Å². The predicted octanol–water partition coefficient (Wildman–Crippen LogP) is 4.10. The molecular weight excluding hydrogens is 462 g/mol. The van der Waals surface area contributed by atoms with Gasteiger partial charge in [-0.05, 0) is 57.2 Å². The first kappa shape index (κ1) is 28.4. The van der Waals surface area contributed by atoms with Crippen LogP contribution in [0.1, 0.15) is 55.9 Å². The zero-order chi connectivity index (χ0) is 26.3. The standard InChI is InChI=1S/C27H39N3O4S/c1-8-22(6)28-27(32)24(9-2)29(17-23-15-10-12-19(3)16-23)25(31)18-30(35(7,33)34)26-20(4)13-11-14-21(26)5/h10-16,22,24H,8-9,17-18H2,1-7H3,(H,28,32)/t22-,24+/m1/s1. The van der Waals surface area contributed by atoms with Crippen molar-refractivity contribution in [2.75, 3.05) is 17.1 Å². The normalized spacial score (nSPS) is 13.1. The van der Waals surface area contributed by atoms with Gasteiger partial charge in [-0.1, -0.05) is 61.9 Å². The Kier molecular flexibility index (Phi) is 9.89. The number of nitrogens with zero attached hydrogens (tertiary/aromatic N) is 2. The summed E-state index contributed by atoms with van der Waals surface area (Å²) in [5.41, 5.74) is 3.94. The van der Waals surface area contributed by atoms with Crippen LogP contribution in [0.5, 0.6) is 0 Å². The number of hydrogen-bond donors (Lipinski definition) is 1. The van der Waals surface area contributed by atoms with E-state index < -0.39 is 22.0 Å². The van der Waals surface area contributed by atoms with Crippen LogP contribution in [-0.4, -0.2) is 50.0 Å². The molecule has 2 aromatic rings. The van der Waals surface area contributed by atoms with E-state index in [0.717, 1.165) is 39.2 Å². The Labute approximate surface area is 210 Å². The molecule has 1 N–H and O–H groups in total. The molecule has 0 aliphatic rings. The minimum atomic E-state index is -3.76. The van der Waals surface area contributed by atoms with E-state index in [9.17, 15) is 18.0 Å². The van der Waals surface area contributed by atoms with Gasteiger partial charge in [0.05, 0.1) is 11.9 Å². The Balaban J connectivity index is 2.50. The summed E-state index contributed by atoms with van der Waals surface area (Å²) in [6.45, 7) is 11.2. The molecule has 192 valence electrons. The van der Waals surface area contributed by atoms with Crippen LogP contribution in [0.25, 0.3) is 0 Å². The SMILES string of the molecule is CC[C@@H](C)NC(=O)[C@H](CC)N(Cc1cccc(C)c1)C(=O)CN(c1c(C)cccc1C)S(C)(=O)=O. The van der Waals surface area contributed by atoms with Gasteiger partial charge in [0, 0.05) is 12.6 Å². The zero-order valence-corrected chi connectivity index (χ0v) is 22.8. The van der Waals surface area contributed by atoms with Crippen molar-refractivity contribution in [1.29, 1.82) is 0 Å². The number of benzene rings is 2. The van der Waals surface area contributed by atoms with Crippen molar-refractivity contribution >= 4 is 27.5 Å². The van der Waals surface area contributed by atoms with Gasteiger partial charge in [0.15, 0.2) is 0 Å².